The van der Waals surface area contributed by atoms with Crippen molar-refractivity contribution in [2.45, 2.75) is 51.9 Å². The van der Waals surface area contributed by atoms with Gasteiger partial charge >= 0.3 is 0 Å². The van der Waals surface area contributed by atoms with Crippen LogP contribution in [0.25, 0.3) is 11.3 Å². The minimum atomic E-state index is -3.16. The van der Waals surface area contributed by atoms with Gasteiger partial charge in [0.25, 0.3) is 0 Å². The monoisotopic (exact) mass is 364 g/mol. The Kier molecular flexibility index (Phi) is 4.72. The number of hydrogen-bond donors (Lipinski definition) is 2. The number of benzene rings is 1. The lowest BCUT2D eigenvalue weighted by atomic mass is 9.81. The number of halogens is 1. The minimum absolute atomic E-state index is 0.0580. The lowest BCUT2D eigenvalue weighted by Gasteiger charge is -2.24. The van der Waals surface area contributed by atoms with Gasteiger partial charge in [0.05, 0.1) is 15.4 Å². The molecule has 0 bridgehead atoms. The molecule has 2 N–H and O–H groups in total. The van der Waals surface area contributed by atoms with Gasteiger partial charge in [-0.1, -0.05) is 26.8 Å². The van der Waals surface area contributed by atoms with E-state index in [1.807, 2.05) is 33.8 Å². The maximum atomic E-state index is 15.1. The second-order valence-electron chi connectivity index (χ2n) is 7.65. The predicted molar refractivity (Wildman–Crippen MR) is 100 cm³/mol. The van der Waals surface area contributed by atoms with Crippen LogP contribution < -0.4 is 5.43 Å². The van der Waals surface area contributed by atoms with Crippen molar-refractivity contribution in [3.8, 4) is 11.3 Å². The van der Waals surface area contributed by atoms with Crippen LogP contribution in [0.1, 0.15) is 43.2 Å². The number of H-pyrrole nitrogens is 1. The van der Waals surface area contributed by atoms with Gasteiger partial charge in [0.15, 0.2) is 5.43 Å². The fourth-order valence-corrected chi connectivity index (χ4v) is 4.36. The third kappa shape index (κ3) is 3.54. The van der Waals surface area contributed by atoms with Crippen LogP contribution in [0.5, 0.6) is 0 Å². The summed E-state index contributed by atoms with van der Waals surface area (Å²) < 4.78 is 34.8. The molecule has 25 heavy (non-hydrogen) atoms. The van der Waals surface area contributed by atoms with Gasteiger partial charge < -0.3 is 4.98 Å². The molecule has 6 heteroatoms. The third-order valence-corrected chi connectivity index (χ3v) is 5.62. The van der Waals surface area contributed by atoms with Crippen LogP contribution in [0.4, 0.5) is 4.39 Å². The van der Waals surface area contributed by atoms with E-state index >= 15 is 4.39 Å². The standard InChI is InChI=1S/C19H25FN2O2S/c1-10-8-13(19(4,5)6)11(2)17(20)16(10)14-9-15(23)18(12(3)22-14)25(7,21)24/h8-9,21H,1-7H3,(H,22,23)/t25-/m0/s1. The smallest absolute Gasteiger partial charge is 0.199 e. The molecule has 0 aliphatic carbocycles. The molecule has 1 aromatic carbocycles. The molecule has 2 aromatic rings. The van der Waals surface area contributed by atoms with Crippen molar-refractivity contribution < 1.29 is 8.60 Å². The van der Waals surface area contributed by atoms with E-state index in [2.05, 4.69) is 4.98 Å². The lowest BCUT2D eigenvalue weighted by molar-refractivity contribution is 0.563. The van der Waals surface area contributed by atoms with Crippen LogP contribution in [0.2, 0.25) is 0 Å². The first-order chi connectivity index (χ1) is 11.2. The first kappa shape index (κ1) is 19.4. The summed E-state index contributed by atoms with van der Waals surface area (Å²) in [5.74, 6) is -0.365. The van der Waals surface area contributed by atoms with Crippen molar-refractivity contribution >= 4 is 9.73 Å². The van der Waals surface area contributed by atoms with Crippen molar-refractivity contribution in [1.29, 1.82) is 4.78 Å². The number of aromatic nitrogens is 1. The topological polar surface area (TPSA) is 73.8 Å². The Morgan fingerprint density at radius 3 is 2.16 bits per heavy atom. The second-order valence-corrected chi connectivity index (χ2v) is 9.75. The molecule has 0 aliphatic rings. The number of aryl methyl sites for hydroxylation is 2. The van der Waals surface area contributed by atoms with Crippen molar-refractivity contribution in [2.24, 2.45) is 0 Å². The van der Waals surface area contributed by atoms with Gasteiger partial charge in [-0.2, -0.15) is 0 Å². The molecular formula is C19H25FN2O2S. The molecule has 0 amide bonds. The van der Waals surface area contributed by atoms with Crippen molar-refractivity contribution in [2.75, 3.05) is 6.26 Å². The Balaban J connectivity index is 2.81. The third-order valence-electron chi connectivity index (χ3n) is 4.34. The van der Waals surface area contributed by atoms with E-state index in [1.54, 1.807) is 13.8 Å². The Hall–Kier alpha value is -1.95. The lowest BCUT2D eigenvalue weighted by Crippen LogP contribution is -2.18. The van der Waals surface area contributed by atoms with E-state index in [1.165, 1.54) is 12.3 Å². The van der Waals surface area contributed by atoms with Crippen LogP contribution in [-0.2, 0) is 15.1 Å². The Morgan fingerprint density at radius 2 is 1.72 bits per heavy atom. The van der Waals surface area contributed by atoms with Gasteiger partial charge in [-0.25, -0.2) is 13.4 Å². The minimum Gasteiger partial charge on any atom is -0.357 e. The van der Waals surface area contributed by atoms with Crippen LogP contribution in [0, 0.1) is 31.4 Å². The molecule has 0 fully saturated rings. The molecule has 2 rings (SSSR count). The van der Waals surface area contributed by atoms with E-state index in [9.17, 15) is 9.00 Å². The zero-order chi connectivity index (χ0) is 19.3. The Bertz CT molecular complexity index is 1010. The highest BCUT2D eigenvalue weighted by molar-refractivity contribution is 7.91. The molecule has 0 saturated carbocycles. The van der Waals surface area contributed by atoms with E-state index in [0.717, 1.165) is 11.1 Å². The SMILES string of the molecule is Cc1cc(C(C)(C)C)c(C)c(F)c1-c1cc(=O)c([S@@](C)(=N)=O)c(C)[nH]1. The summed E-state index contributed by atoms with van der Waals surface area (Å²) in [5, 5.41) is 0. The zero-order valence-electron chi connectivity index (χ0n) is 15.8. The van der Waals surface area contributed by atoms with Crippen LogP contribution in [0.3, 0.4) is 0 Å². The molecule has 0 unspecified atom stereocenters. The van der Waals surface area contributed by atoms with E-state index in [4.69, 9.17) is 4.78 Å². The van der Waals surface area contributed by atoms with Crippen molar-refractivity contribution in [3.05, 3.63) is 50.6 Å². The average molecular weight is 364 g/mol. The normalized spacial score (nSPS) is 14.4. The molecule has 0 spiro atoms. The number of rotatable bonds is 2. The first-order valence-corrected chi connectivity index (χ1v) is 10.00. The maximum Gasteiger partial charge on any atom is 0.199 e. The van der Waals surface area contributed by atoms with Crippen molar-refractivity contribution in [3.63, 3.8) is 0 Å². The fraction of sp³-hybridized carbons (Fsp3) is 0.421. The van der Waals surface area contributed by atoms with Crippen LogP contribution in [-0.4, -0.2) is 15.4 Å². The molecule has 136 valence electrons. The van der Waals surface area contributed by atoms with Crippen LogP contribution in [0.15, 0.2) is 21.8 Å². The molecule has 0 aliphatic heterocycles. The molecule has 1 heterocycles. The summed E-state index contributed by atoms with van der Waals surface area (Å²) in [5.41, 5.74) is 2.50. The molecule has 1 aromatic heterocycles. The number of nitrogens with one attached hydrogen (secondary N) is 2. The molecule has 0 saturated heterocycles. The van der Waals surface area contributed by atoms with Gasteiger partial charge in [0.1, 0.15) is 10.7 Å². The molecule has 4 nitrogen and oxygen atoms in total. The Morgan fingerprint density at radius 1 is 1.16 bits per heavy atom. The van der Waals surface area contributed by atoms with Gasteiger partial charge in [0, 0.05) is 23.6 Å². The second kappa shape index (κ2) is 6.09. The molecule has 0 radical (unpaired) electrons. The maximum absolute atomic E-state index is 15.1. The summed E-state index contributed by atoms with van der Waals surface area (Å²) >= 11 is 0. The highest BCUT2D eigenvalue weighted by Gasteiger charge is 2.24. The Labute approximate surface area is 148 Å². The summed E-state index contributed by atoms with van der Waals surface area (Å²) in [6.07, 6.45) is 1.21. The summed E-state index contributed by atoms with van der Waals surface area (Å²) in [4.78, 5) is 15.3. The van der Waals surface area contributed by atoms with Crippen molar-refractivity contribution in [1.82, 2.24) is 4.98 Å². The quantitative estimate of drug-likeness (QED) is 0.827. The van der Waals surface area contributed by atoms with Gasteiger partial charge in [-0.3, -0.25) is 4.79 Å². The highest BCUT2D eigenvalue weighted by Crippen LogP contribution is 2.34. The average Bonchev–Trinajstić information content (AvgIpc) is 2.39. The molecular weight excluding hydrogens is 339 g/mol. The highest BCUT2D eigenvalue weighted by atomic mass is 32.2. The number of aromatic amines is 1. The van der Waals surface area contributed by atoms with Gasteiger partial charge in [-0.15, -0.1) is 0 Å². The summed E-state index contributed by atoms with van der Waals surface area (Å²) in [6, 6.07) is 3.18. The van der Waals surface area contributed by atoms with E-state index in [0.29, 0.717) is 22.5 Å². The first-order valence-electron chi connectivity index (χ1n) is 8.03. The summed E-state index contributed by atoms with van der Waals surface area (Å²) in [7, 11) is -3.16. The zero-order valence-corrected chi connectivity index (χ0v) is 16.6. The summed E-state index contributed by atoms with van der Waals surface area (Å²) in [6.45, 7) is 11.2. The fourth-order valence-electron chi connectivity index (χ4n) is 3.28. The van der Waals surface area contributed by atoms with Gasteiger partial charge in [-0.05, 0) is 42.9 Å². The van der Waals surface area contributed by atoms with Gasteiger partial charge in [0.2, 0.25) is 0 Å². The number of pyridine rings is 1. The number of hydrogen-bond acceptors (Lipinski definition) is 3. The molecule has 1 atom stereocenters. The van der Waals surface area contributed by atoms with Crippen LogP contribution >= 0.6 is 0 Å². The predicted octanol–water partition coefficient (Wildman–Crippen LogP) is 4.44. The van der Waals surface area contributed by atoms with E-state index < -0.39 is 15.2 Å². The van der Waals surface area contributed by atoms with E-state index in [-0.39, 0.29) is 16.1 Å². The largest absolute Gasteiger partial charge is 0.357 e.